The molecule has 0 aliphatic carbocycles. The molecule has 0 fully saturated rings. The Morgan fingerprint density at radius 2 is 1.69 bits per heavy atom. The summed E-state index contributed by atoms with van der Waals surface area (Å²) in [5.74, 6) is 0.121. The summed E-state index contributed by atoms with van der Waals surface area (Å²) in [5, 5.41) is 11.9. The normalized spacial score (nSPS) is 12.4. The van der Waals surface area contributed by atoms with Crippen LogP contribution in [0.5, 0.6) is 0 Å². The van der Waals surface area contributed by atoms with Gasteiger partial charge < -0.3 is 0 Å². The number of hydrogen-bond acceptors (Lipinski definition) is 5. The largest absolute Gasteiger partial charge is 0.416 e. The first-order valence-corrected chi connectivity index (χ1v) is 10.2. The molecular weight excluding hydrogens is 407 g/mol. The van der Waals surface area contributed by atoms with Gasteiger partial charge >= 0.3 is 6.18 Å². The van der Waals surface area contributed by atoms with Gasteiger partial charge in [0.05, 0.1) is 17.9 Å². The van der Waals surface area contributed by atoms with Crippen LogP contribution < -0.4 is 0 Å². The van der Waals surface area contributed by atoms with Crippen LogP contribution in [0.3, 0.4) is 0 Å². The maximum atomic E-state index is 12.6. The molecule has 1 heterocycles. The van der Waals surface area contributed by atoms with Crippen molar-refractivity contribution < 1.29 is 21.6 Å². The van der Waals surface area contributed by atoms with Gasteiger partial charge in [0.25, 0.3) is 0 Å². The van der Waals surface area contributed by atoms with Gasteiger partial charge in [-0.05, 0) is 22.9 Å². The van der Waals surface area contributed by atoms with Crippen LogP contribution in [-0.4, -0.2) is 45.7 Å². The highest BCUT2D eigenvalue weighted by molar-refractivity contribution is 7.89. The molecule has 0 N–H and O–H groups in total. The minimum Gasteiger partial charge on any atom is -0.212 e. The summed E-state index contributed by atoms with van der Waals surface area (Å²) in [6.07, 6.45) is -4.43. The monoisotopic (exact) mass is 425 g/mol. The molecule has 0 unspecified atom stereocenters. The molecular formula is C18H18F3N5O2S. The first-order valence-electron chi connectivity index (χ1n) is 8.58. The first kappa shape index (κ1) is 20.9. The number of sulfonamides is 1. The van der Waals surface area contributed by atoms with Crippen molar-refractivity contribution in [2.45, 2.75) is 19.3 Å². The maximum Gasteiger partial charge on any atom is 0.416 e. The average molecular weight is 425 g/mol. The predicted molar refractivity (Wildman–Crippen MR) is 100.0 cm³/mol. The van der Waals surface area contributed by atoms with E-state index in [-0.39, 0.29) is 18.8 Å². The van der Waals surface area contributed by atoms with E-state index in [1.807, 2.05) is 30.3 Å². The van der Waals surface area contributed by atoms with E-state index < -0.39 is 21.8 Å². The molecule has 7 nitrogen and oxygen atoms in total. The summed E-state index contributed by atoms with van der Waals surface area (Å²) in [4.78, 5) is 1.20. The number of hydrogen-bond donors (Lipinski definition) is 0. The molecule has 29 heavy (non-hydrogen) atoms. The van der Waals surface area contributed by atoms with Crippen LogP contribution in [0.2, 0.25) is 0 Å². The van der Waals surface area contributed by atoms with Gasteiger partial charge in [-0.2, -0.15) is 18.0 Å². The molecule has 0 radical (unpaired) electrons. The summed E-state index contributed by atoms with van der Waals surface area (Å²) in [6.45, 7) is -0.0416. The summed E-state index contributed by atoms with van der Waals surface area (Å²) in [6, 6.07) is 13.5. The second-order valence-electron chi connectivity index (χ2n) is 6.34. The summed E-state index contributed by atoms with van der Waals surface area (Å²) < 4.78 is 63.9. The second-order valence-corrected chi connectivity index (χ2v) is 8.54. The van der Waals surface area contributed by atoms with Crippen LogP contribution in [0.15, 0.2) is 54.6 Å². The van der Waals surface area contributed by atoms with Crippen molar-refractivity contribution in [2.24, 2.45) is 0 Å². The van der Waals surface area contributed by atoms with Crippen molar-refractivity contribution in [2.75, 3.05) is 12.8 Å². The minimum atomic E-state index is -4.43. The number of tetrazole rings is 1. The fraction of sp³-hybridized carbons (Fsp3) is 0.278. The fourth-order valence-electron chi connectivity index (χ4n) is 2.55. The highest BCUT2D eigenvalue weighted by Gasteiger charge is 2.30. The lowest BCUT2D eigenvalue weighted by atomic mass is 10.1. The Bertz CT molecular complexity index is 1050. The molecule has 0 atom stereocenters. The fourth-order valence-corrected chi connectivity index (χ4v) is 3.60. The third-order valence-electron chi connectivity index (χ3n) is 4.20. The topological polar surface area (TPSA) is 81.0 Å². The van der Waals surface area contributed by atoms with E-state index in [1.54, 1.807) is 0 Å². The van der Waals surface area contributed by atoms with Crippen molar-refractivity contribution in [3.63, 3.8) is 0 Å². The van der Waals surface area contributed by atoms with Crippen LogP contribution in [0.4, 0.5) is 13.2 Å². The quantitative estimate of drug-likeness (QED) is 0.582. The number of halogens is 3. The molecule has 11 heteroatoms. The third-order valence-corrected chi connectivity index (χ3v) is 5.97. The molecule has 0 spiro atoms. The Morgan fingerprint density at radius 1 is 1.03 bits per heavy atom. The van der Waals surface area contributed by atoms with Crippen molar-refractivity contribution >= 4 is 10.0 Å². The number of rotatable bonds is 7. The smallest absolute Gasteiger partial charge is 0.212 e. The van der Waals surface area contributed by atoms with Gasteiger partial charge in [0.15, 0.2) is 0 Å². The van der Waals surface area contributed by atoms with Gasteiger partial charge in [0.2, 0.25) is 15.8 Å². The maximum absolute atomic E-state index is 12.6. The van der Waals surface area contributed by atoms with Crippen LogP contribution in [0.25, 0.3) is 11.4 Å². The molecule has 154 valence electrons. The zero-order valence-electron chi connectivity index (χ0n) is 15.4. The van der Waals surface area contributed by atoms with Gasteiger partial charge in [0.1, 0.15) is 0 Å². The molecule has 0 aliphatic rings. The zero-order valence-corrected chi connectivity index (χ0v) is 16.2. The number of nitrogens with zero attached hydrogens (tertiary/aromatic N) is 5. The van der Waals surface area contributed by atoms with Gasteiger partial charge in [-0.15, -0.1) is 10.2 Å². The molecule has 0 aliphatic heterocycles. The van der Waals surface area contributed by atoms with Crippen molar-refractivity contribution in [1.82, 2.24) is 24.5 Å². The number of aryl methyl sites for hydroxylation is 1. The van der Waals surface area contributed by atoms with Gasteiger partial charge in [-0.25, -0.2) is 12.7 Å². The van der Waals surface area contributed by atoms with Crippen LogP contribution in [0.1, 0.15) is 11.1 Å². The molecule has 0 saturated carbocycles. The lowest BCUT2D eigenvalue weighted by Gasteiger charge is -2.17. The number of alkyl halides is 3. The van der Waals surface area contributed by atoms with Crippen LogP contribution >= 0.6 is 0 Å². The molecule has 2 aromatic carbocycles. The summed E-state index contributed by atoms with van der Waals surface area (Å²) >= 11 is 0. The van der Waals surface area contributed by atoms with E-state index in [2.05, 4.69) is 15.4 Å². The minimum absolute atomic E-state index is 0.000478. The predicted octanol–water partition coefficient (Wildman–Crippen LogP) is 2.82. The molecule has 3 aromatic rings. The molecule has 0 amide bonds. The lowest BCUT2D eigenvalue weighted by Crippen LogP contribution is -2.30. The third kappa shape index (κ3) is 5.39. The number of aromatic nitrogens is 4. The standard InChI is InChI=1S/C18H18F3N5O2S/c1-25(13-14-7-9-16(10-8-14)18(19,20)21)29(27,28)12-11-26-23-17(22-24-26)15-5-3-2-4-6-15/h2-10H,11-13H2,1H3. The van der Waals surface area contributed by atoms with E-state index in [0.717, 1.165) is 22.0 Å². The summed E-state index contributed by atoms with van der Waals surface area (Å²) in [5.41, 5.74) is 0.439. The van der Waals surface area contributed by atoms with Crippen molar-refractivity contribution in [3.05, 3.63) is 65.7 Å². The summed E-state index contributed by atoms with van der Waals surface area (Å²) in [7, 11) is -2.30. The van der Waals surface area contributed by atoms with E-state index in [9.17, 15) is 21.6 Å². The molecule has 1 aromatic heterocycles. The van der Waals surface area contributed by atoms with Crippen molar-refractivity contribution in [1.29, 1.82) is 0 Å². The first-order chi connectivity index (χ1) is 13.6. The van der Waals surface area contributed by atoms with Crippen LogP contribution in [-0.2, 0) is 29.3 Å². The van der Waals surface area contributed by atoms with Crippen molar-refractivity contribution in [3.8, 4) is 11.4 Å². The molecule has 3 rings (SSSR count). The molecule has 0 bridgehead atoms. The number of benzene rings is 2. The highest BCUT2D eigenvalue weighted by atomic mass is 32.2. The second kappa shape index (κ2) is 8.29. The highest BCUT2D eigenvalue weighted by Crippen LogP contribution is 2.29. The van der Waals surface area contributed by atoms with E-state index in [0.29, 0.717) is 11.4 Å². The molecule has 0 saturated heterocycles. The van der Waals surface area contributed by atoms with Gasteiger partial charge in [0, 0.05) is 19.2 Å². The van der Waals surface area contributed by atoms with E-state index in [1.165, 1.54) is 24.0 Å². The Balaban J connectivity index is 1.60. The Kier molecular flexibility index (Phi) is 5.99. The van der Waals surface area contributed by atoms with Gasteiger partial charge in [-0.1, -0.05) is 42.5 Å². The Morgan fingerprint density at radius 3 is 2.31 bits per heavy atom. The average Bonchev–Trinajstić information content (AvgIpc) is 3.16. The zero-order chi connectivity index (χ0) is 21.1. The lowest BCUT2D eigenvalue weighted by molar-refractivity contribution is -0.137. The Labute approximate surface area is 165 Å². The Hall–Kier alpha value is -2.79. The SMILES string of the molecule is CN(Cc1ccc(C(F)(F)F)cc1)S(=O)(=O)CCn1nnc(-c2ccccc2)n1. The van der Waals surface area contributed by atoms with Crippen LogP contribution in [0, 0.1) is 0 Å². The van der Waals surface area contributed by atoms with Gasteiger partial charge in [-0.3, -0.25) is 0 Å². The van der Waals surface area contributed by atoms with E-state index in [4.69, 9.17) is 0 Å². The van der Waals surface area contributed by atoms with E-state index >= 15 is 0 Å².